The van der Waals surface area contributed by atoms with Crippen LogP contribution >= 0.6 is 0 Å². The molecule has 3 fully saturated rings. The maximum absolute atomic E-state index is 2.57. The van der Waals surface area contributed by atoms with E-state index in [0.717, 1.165) is 35.5 Å². The van der Waals surface area contributed by atoms with Gasteiger partial charge in [-0.3, -0.25) is 0 Å². The molecule has 0 nitrogen and oxygen atoms in total. The highest BCUT2D eigenvalue weighted by molar-refractivity contribution is 5.63. The number of allylic oxidation sites excluding steroid dienone is 1. The number of fused-ring (bicyclic) bond motifs is 3. The van der Waals surface area contributed by atoms with Gasteiger partial charge in [0, 0.05) is 0 Å². The molecule has 0 aromatic heterocycles. The highest BCUT2D eigenvalue weighted by Gasteiger charge is 2.47. The second-order valence-electron chi connectivity index (χ2n) is 9.79. The van der Waals surface area contributed by atoms with Crippen molar-refractivity contribution in [3.8, 4) is 0 Å². The van der Waals surface area contributed by atoms with Crippen molar-refractivity contribution in [2.45, 2.75) is 71.1 Å². The Balaban J connectivity index is 1.24. The van der Waals surface area contributed by atoms with Gasteiger partial charge in [0.25, 0.3) is 0 Å². The third-order valence-electron chi connectivity index (χ3n) is 8.44. The first-order valence-corrected chi connectivity index (χ1v) is 11.1. The molecule has 0 amide bonds. The van der Waals surface area contributed by atoms with Crippen LogP contribution in [0.2, 0.25) is 0 Å². The Morgan fingerprint density at radius 1 is 0.920 bits per heavy atom. The highest BCUT2D eigenvalue weighted by Crippen LogP contribution is 2.56. The summed E-state index contributed by atoms with van der Waals surface area (Å²) >= 11 is 0. The normalized spacial score (nSPS) is 39.5. The van der Waals surface area contributed by atoms with Crippen LogP contribution in [0.4, 0.5) is 0 Å². The summed E-state index contributed by atoms with van der Waals surface area (Å²) in [5.74, 6) is 6.33. The predicted molar refractivity (Wildman–Crippen MR) is 106 cm³/mol. The molecule has 0 radical (unpaired) electrons. The van der Waals surface area contributed by atoms with Gasteiger partial charge in [-0.15, -0.1) is 0 Å². The van der Waals surface area contributed by atoms with Crippen LogP contribution in [0.25, 0.3) is 6.08 Å². The SMILES string of the molecule is CC1CC2CC3CCCCC3CC2C1CCC1=Cc2ccccc2C1. The highest BCUT2D eigenvalue weighted by atomic mass is 14.5. The molecule has 0 heterocycles. The second kappa shape index (κ2) is 6.60. The zero-order valence-electron chi connectivity index (χ0n) is 15.9. The molecule has 4 aliphatic rings. The van der Waals surface area contributed by atoms with E-state index in [-0.39, 0.29) is 0 Å². The van der Waals surface area contributed by atoms with Crippen molar-refractivity contribution in [3.63, 3.8) is 0 Å². The standard InChI is InChI=1S/C25H34/c1-17-12-23-15-21-8-4-5-9-22(21)16-25(23)24(17)11-10-18-13-19-6-2-3-7-20(19)14-18/h2-3,6-7,13,17,21-25H,4-5,8-12,14-16H2,1H3. The summed E-state index contributed by atoms with van der Waals surface area (Å²) in [6.07, 6.45) is 17.4. The van der Waals surface area contributed by atoms with Gasteiger partial charge in [-0.25, -0.2) is 0 Å². The first kappa shape index (κ1) is 16.2. The predicted octanol–water partition coefficient (Wildman–Crippen LogP) is 6.89. The van der Waals surface area contributed by atoms with Gasteiger partial charge >= 0.3 is 0 Å². The molecule has 0 spiro atoms. The topological polar surface area (TPSA) is 0 Å². The summed E-state index contributed by atoms with van der Waals surface area (Å²) < 4.78 is 0. The molecule has 25 heavy (non-hydrogen) atoms. The van der Waals surface area contributed by atoms with E-state index in [4.69, 9.17) is 0 Å². The van der Waals surface area contributed by atoms with Crippen LogP contribution in [-0.2, 0) is 6.42 Å². The first-order chi connectivity index (χ1) is 12.3. The number of benzene rings is 1. The molecule has 134 valence electrons. The Morgan fingerprint density at radius 3 is 2.56 bits per heavy atom. The van der Waals surface area contributed by atoms with Gasteiger partial charge in [-0.1, -0.05) is 68.5 Å². The average molecular weight is 335 g/mol. The Labute approximate surface area is 154 Å². The van der Waals surface area contributed by atoms with Gasteiger partial charge in [-0.2, -0.15) is 0 Å². The van der Waals surface area contributed by atoms with Gasteiger partial charge in [-0.05, 0) is 85.2 Å². The van der Waals surface area contributed by atoms with Crippen LogP contribution in [-0.4, -0.2) is 0 Å². The fourth-order valence-electron chi connectivity index (χ4n) is 7.24. The monoisotopic (exact) mass is 334 g/mol. The van der Waals surface area contributed by atoms with Gasteiger partial charge in [0.2, 0.25) is 0 Å². The third kappa shape index (κ3) is 3.00. The number of rotatable bonds is 3. The maximum Gasteiger partial charge on any atom is -0.00578 e. The van der Waals surface area contributed by atoms with Crippen LogP contribution in [0.1, 0.15) is 75.8 Å². The average Bonchev–Trinajstić information content (AvgIpc) is 3.17. The summed E-state index contributed by atoms with van der Waals surface area (Å²) in [7, 11) is 0. The zero-order valence-corrected chi connectivity index (χ0v) is 15.9. The summed E-state index contributed by atoms with van der Waals surface area (Å²) in [6, 6.07) is 8.99. The van der Waals surface area contributed by atoms with Crippen LogP contribution in [0.15, 0.2) is 29.8 Å². The van der Waals surface area contributed by atoms with Crippen LogP contribution in [0, 0.1) is 35.5 Å². The summed E-state index contributed by atoms with van der Waals surface area (Å²) in [5.41, 5.74) is 4.73. The van der Waals surface area contributed by atoms with E-state index in [1.165, 1.54) is 44.1 Å². The van der Waals surface area contributed by atoms with Crippen molar-refractivity contribution in [1.29, 1.82) is 0 Å². The van der Waals surface area contributed by atoms with Gasteiger partial charge < -0.3 is 0 Å². The van der Waals surface area contributed by atoms with E-state index in [2.05, 4.69) is 37.3 Å². The molecule has 0 bridgehead atoms. The molecule has 6 unspecified atom stereocenters. The van der Waals surface area contributed by atoms with Crippen LogP contribution in [0.5, 0.6) is 0 Å². The smallest absolute Gasteiger partial charge is 0.00578 e. The second-order valence-corrected chi connectivity index (χ2v) is 9.79. The van der Waals surface area contributed by atoms with E-state index in [1.807, 2.05) is 0 Å². The third-order valence-corrected chi connectivity index (χ3v) is 8.44. The van der Waals surface area contributed by atoms with E-state index >= 15 is 0 Å². The molecule has 5 rings (SSSR count). The molecule has 1 aromatic carbocycles. The van der Waals surface area contributed by atoms with Crippen LogP contribution < -0.4 is 0 Å². The quantitative estimate of drug-likeness (QED) is 0.564. The van der Waals surface area contributed by atoms with Crippen molar-refractivity contribution in [1.82, 2.24) is 0 Å². The van der Waals surface area contributed by atoms with E-state index in [9.17, 15) is 0 Å². The van der Waals surface area contributed by atoms with Crippen molar-refractivity contribution in [2.24, 2.45) is 35.5 Å². The lowest BCUT2D eigenvalue weighted by Crippen LogP contribution is -2.33. The fourth-order valence-corrected chi connectivity index (χ4v) is 7.24. The summed E-state index contributed by atoms with van der Waals surface area (Å²) in [5, 5.41) is 0. The van der Waals surface area contributed by atoms with E-state index < -0.39 is 0 Å². The minimum absolute atomic E-state index is 0.972. The summed E-state index contributed by atoms with van der Waals surface area (Å²) in [4.78, 5) is 0. The molecule has 3 saturated carbocycles. The largest absolute Gasteiger partial charge is 0.0652 e. The first-order valence-electron chi connectivity index (χ1n) is 11.1. The Hall–Kier alpha value is -1.04. The Kier molecular flexibility index (Phi) is 4.27. The lowest BCUT2D eigenvalue weighted by Gasteiger charge is -2.43. The van der Waals surface area contributed by atoms with E-state index in [0.29, 0.717) is 0 Å². The molecular weight excluding hydrogens is 300 g/mol. The molecule has 0 aliphatic heterocycles. The summed E-state index contributed by atoms with van der Waals surface area (Å²) in [6.45, 7) is 2.57. The molecule has 0 heteroatoms. The van der Waals surface area contributed by atoms with Gasteiger partial charge in [0.15, 0.2) is 0 Å². The maximum atomic E-state index is 2.57. The molecule has 0 N–H and O–H groups in total. The van der Waals surface area contributed by atoms with Crippen molar-refractivity contribution < 1.29 is 0 Å². The van der Waals surface area contributed by atoms with Crippen molar-refractivity contribution >= 4 is 6.08 Å². The number of hydrogen-bond donors (Lipinski definition) is 0. The molecular formula is C25H34. The van der Waals surface area contributed by atoms with Crippen molar-refractivity contribution in [3.05, 3.63) is 41.0 Å². The fraction of sp³-hybridized carbons (Fsp3) is 0.680. The lowest BCUT2D eigenvalue weighted by molar-refractivity contribution is 0.0740. The minimum atomic E-state index is 0.972. The molecule has 1 aromatic rings. The van der Waals surface area contributed by atoms with Crippen LogP contribution in [0.3, 0.4) is 0 Å². The van der Waals surface area contributed by atoms with Gasteiger partial charge in [0.1, 0.15) is 0 Å². The number of hydrogen-bond acceptors (Lipinski definition) is 0. The van der Waals surface area contributed by atoms with E-state index in [1.54, 1.807) is 36.8 Å². The van der Waals surface area contributed by atoms with Gasteiger partial charge in [0.05, 0.1) is 0 Å². The molecule has 6 atom stereocenters. The van der Waals surface area contributed by atoms with Crippen molar-refractivity contribution in [2.75, 3.05) is 0 Å². The lowest BCUT2D eigenvalue weighted by atomic mass is 9.62. The Morgan fingerprint density at radius 2 is 1.72 bits per heavy atom. The Bertz CT molecular complexity index is 654. The molecule has 0 saturated heterocycles. The zero-order chi connectivity index (χ0) is 16.8. The molecule has 4 aliphatic carbocycles. The minimum Gasteiger partial charge on any atom is -0.0652 e.